The fourth-order valence-electron chi connectivity index (χ4n) is 1.13. The van der Waals surface area contributed by atoms with E-state index in [-0.39, 0.29) is 17.3 Å². The third-order valence-electron chi connectivity index (χ3n) is 1.95. The number of ether oxygens (including phenoxy) is 1. The van der Waals surface area contributed by atoms with E-state index in [4.69, 9.17) is 28.7 Å². The van der Waals surface area contributed by atoms with Gasteiger partial charge in [-0.25, -0.2) is 19.7 Å². The Morgan fingerprint density at radius 2 is 2.21 bits per heavy atom. The molecule has 0 bridgehead atoms. The van der Waals surface area contributed by atoms with Gasteiger partial charge >= 0.3 is 5.97 Å². The minimum atomic E-state index is -1.04. The number of halogens is 3. The summed E-state index contributed by atoms with van der Waals surface area (Å²) in [6.45, 7) is 1.55. The van der Waals surface area contributed by atoms with E-state index in [9.17, 15) is 14.3 Å². The summed E-state index contributed by atoms with van der Waals surface area (Å²) in [5.41, 5.74) is 5.81. The number of nitrogens with one attached hydrogen (secondary N) is 1. The number of aromatic nitrogens is 1. The molecule has 19 heavy (non-hydrogen) atoms. The predicted molar refractivity (Wildman–Crippen MR) is 65.5 cm³/mol. The molecular weight excluding hydrogens is 300 g/mol. The largest absolute Gasteiger partial charge is 0.505 e. The molecule has 0 aliphatic carbocycles. The lowest BCUT2D eigenvalue weighted by Gasteiger charge is -2.07. The number of carbonyl (C=O) groups excluding carboxylic acids is 1. The van der Waals surface area contributed by atoms with Gasteiger partial charge in [0.05, 0.1) is 12.2 Å². The van der Waals surface area contributed by atoms with Gasteiger partial charge in [-0.15, -0.1) is 5.11 Å². The SMILES string of the molecule is CCOC(=O)/C(N=N)=C(\O)c1cc(F)c(Cl)nc1Cl. The number of carbonyl (C=O) groups is 1. The monoisotopic (exact) mass is 307 g/mol. The van der Waals surface area contributed by atoms with E-state index >= 15 is 0 Å². The maximum atomic E-state index is 13.3. The molecule has 0 saturated heterocycles. The lowest BCUT2D eigenvalue weighted by molar-refractivity contribution is -0.138. The molecule has 0 saturated carbocycles. The first-order valence-electron chi connectivity index (χ1n) is 4.92. The van der Waals surface area contributed by atoms with Gasteiger partial charge < -0.3 is 9.84 Å². The van der Waals surface area contributed by atoms with Crippen molar-refractivity contribution in [1.82, 2.24) is 4.98 Å². The fraction of sp³-hybridized carbons (Fsp3) is 0.200. The number of aliphatic hydroxyl groups is 1. The molecule has 1 aromatic heterocycles. The van der Waals surface area contributed by atoms with Crippen molar-refractivity contribution in [3.8, 4) is 0 Å². The van der Waals surface area contributed by atoms with Crippen LogP contribution >= 0.6 is 23.2 Å². The molecule has 1 heterocycles. The Bertz CT molecular complexity index is 563. The smallest absolute Gasteiger partial charge is 0.362 e. The van der Waals surface area contributed by atoms with Crippen molar-refractivity contribution >= 4 is 34.9 Å². The highest BCUT2D eigenvalue weighted by Gasteiger charge is 2.21. The molecule has 0 aromatic carbocycles. The summed E-state index contributed by atoms with van der Waals surface area (Å²) in [5, 5.41) is 11.8. The van der Waals surface area contributed by atoms with Gasteiger partial charge in [0.1, 0.15) is 5.15 Å². The summed E-state index contributed by atoms with van der Waals surface area (Å²) in [7, 11) is 0. The first-order chi connectivity index (χ1) is 8.92. The van der Waals surface area contributed by atoms with E-state index in [1.807, 2.05) is 0 Å². The van der Waals surface area contributed by atoms with Crippen LogP contribution in [0.3, 0.4) is 0 Å². The second-order valence-corrected chi connectivity index (χ2v) is 3.84. The molecule has 6 nitrogen and oxygen atoms in total. The van der Waals surface area contributed by atoms with Gasteiger partial charge in [0.2, 0.25) is 5.70 Å². The van der Waals surface area contributed by atoms with Crippen LogP contribution in [0.1, 0.15) is 12.5 Å². The van der Waals surface area contributed by atoms with Crippen LogP contribution < -0.4 is 0 Å². The zero-order chi connectivity index (χ0) is 14.6. The Morgan fingerprint density at radius 3 is 2.74 bits per heavy atom. The van der Waals surface area contributed by atoms with Crippen LogP contribution in [0.2, 0.25) is 10.3 Å². The quantitative estimate of drug-likeness (QED) is 0.293. The molecule has 1 rings (SSSR count). The van der Waals surface area contributed by atoms with Gasteiger partial charge in [-0.3, -0.25) is 0 Å². The Hall–Kier alpha value is -1.73. The lowest BCUT2D eigenvalue weighted by atomic mass is 10.2. The van der Waals surface area contributed by atoms with E-state index in [1.54, 1.807) is 0 Å². The summed E-state index contributed by atoms with van der Waals surface area (Å²) in [4.78, 5) is 14.8. The van der Waals surface area contributed by atoms with Gasteiger partial charge in [-0.1, -0.05) is 23.2 Å². The normalized spacial score (nSPS) is 11.8. The molecule has 0 atom stereocenters. The van der Waals surface area contributed by atoms with E-state index in [2.05, 4.69) is 14.8 Å². The molecule has 102 valence electrons. The van der Waals surface area contributed by atoms with Crippen molar-refractivity contribution in [2.75, 3.05) is 6.61 Å². The van der Waals surface area contributed by atoms with Crippen molar-refractivity contribution in [3.05, 3.63) is 33.5 Å². The number of rotatable bonds is 4. The van der Waals surface area contributed by atoms with Crippen molar-refractivity contribution in [2.45, 2.75) is 6.92 Å². The molecule has 0 fully saturated rings. The van der Waals surface area contributed by atoms with Gasteiger partial charge in [-0.2, -0.15) is 0 Å². The van der Waals surface area contributed by atoms with Crippen LogP contribution in [-0.2, 0) is 9.53 Å². The molecule has 1 aromatic rings. The maximum Gasteiger partial charge on any atom is 0.362 e. The van der Waals surface area contributed by atoms with Crippen molar-refractivity contribution in [1.29, 1.82) is 5.53 Å². The van der Waals surface area contributed by atoms with Crippen LogP contribution in [0.25, 0.3) is 5.76 Å². The fourth-order valence-corrected chi connectivity index (χ4v) is 1.54. The zero-order valence-corrected chi connectivity index (χ0v) is 11.1. The third-order valence-corrected chi connectivity index (χ3v) is 2.50. The minimum Gasteiger partial charge on any atom is -0.505 e. The molecule has 0 aliphatic heterocycles. The molecule has 0 unspecified atom stereocenters. The highest BCUT2D eigenvalue weighted by Crippen LogP contribution is 2.27. The van der Waals surface area contributed by atoms with Gasteiger partial charge in [-0.05, 0) is 13.0 Å². The number of hydrogen-bond acceptors (Lipinski definition) is 6. The highest BCUT2D eigenvalue weighted by molar-refractivity contribution is 6.33. The number of aliphatic hydroxyl groups excluding tert-OH is 1. The van der Waals surface area contributed by atoms with Crippen LogP contribution in [0.5, 0.6) is 0 Å². The maximum absolute atomic E-state index is 13.3. The molecule has 2 N–H and O–H groups in total. The first-order valence-corrected chi connectivity index (χ1v) is 5.67. The number of nitrogens with zero attached hydrogens (tertiary/aromatic N) is 2. The van der Waals surface area contributed by atoms with Gasteiger partial charge in [0.15, 0.2) is 16.7 Å². The average molecular weight is 308 g/mol. The number of esters is 1. The Labute approximate surface area is 117 Å². The van der Waals surface area contributed by atoms with Crippen LogP contribution in [-0.4, -0.2) is 22.7 Å². The zero-order valence-electron chi connectivity index (χ0n) is 9.58. The highest BCUT2D eigenvalue weighted by atomic mass is 35.5. The van der Waals surface area contributed by atoms with Crippen LogP contribution in [0.4, 0.5) is 4.39 Å². The van der Waals surface area contributed by atoms with Crippen molar-refractivity contribution in [3.63, 3.8) is 0 Å². The third kappa shape index (κ3) is 3.39. The molecular formula is C10H8Cl2FN3O3. The molecule has 0 amide bonds. The average Bonchev–Trinajstić information content (AvgIpc) is 2.34. The molecule has 0 aliphatic rings. The van der Waals surface area contributed by atoms with E-state index < -0.39 is 28.4 Å². The summed E-state index contributed by atoms with van der Waals surface area (Å²) >= 11 is 11.1. The summed E-state index contributed by atoms with van der Waals surface area (Å²) in [6, 6.07) is 0.775. The van der Waals surface area contributed by atoms with E-state index in [0.717, 1.165) is 6.07 Å². The summed E-state index contributed by atoms with van der Waals surface area (Å²) < 4.78 is 17.8. The number of pyridine rings is 1. The van der Waals surface area contributed by atoms with Crippen molar-refractivity contribution in [2.24, 2.45) is 5.11 Å². The Morgan fingerprint density at radius 1 is 1.58 bits per heavy atom. The topological polar surface area (TPSA) is 95.6 Å². The second-order valence-electron chi connectivity index (χ2n) is 3.13. The summed E-state index contributed by atoms with van der Waals surface area (Å²) in [5.74, 6) is -2.80. The minimum absolute atomic E-state index is 0.0199. The van der Waals surface area contributed by atoms with Crippen LogP contribution in [0.15, 0.2) is 16.9 Å². The second kappa shape index (κ2) is 6.44. The molecule has 0 radical (unpaired) electrons. The molecule has 9 heteroatoms. The predicted octanol–water partition coefficient (Wildman–Crippen LogP) is 3.35. The van der Waals surface area contributed by atoms with E-state index in [1.165, 1.54) is 6.92 Å². The standard InChI is InChI=1S/C10H8Cl2FN3O3/c1-2-19-10(18)6(16-14)7(17)4-3-5(13)9(12)15-8(4)11/h3,14,17H,2H2,1H3/b7-6+,16-14?. The van der Waals surface area contributed by atoms with Gasteiger partial charge in [0, 0.05) is 0 Å². The Balaban J connectivity index is 3.37. The summed E-state index contributed by atoms with van der Waals surface area (Å²) in [6.07, 6.45) is 0. The van der Waals surface area contributed by atoms with Crippen molar-refractivity contribution < 1.29 is 19.0 Å². The van der Waals surface area contributed by atoms with E-state index in [0.29, 0.717) is 0 Å². The lowest BCUT2D eigenvalue weighted by Crippen LogP contribution is -2.08. The van der Waals surface area contributed by atoms with Gasteiger partial charge in [0.25, 0.3) is 0 Å². The Kier molecular flexibility index (Phi) is 5.20. The molecule has 0 spiro atoms. The van der Waals surface area contributed by atoms with Crippen LogP contribution in [0, 0.1) is 11.3 Å². The number of hydrogen-bond donors (Lipinski definition) is 2. The first kappa shape index (κ1) is 15.3.